The molecule has 0 radical (unpaired) electrons. The maximum absolute atomic E-state index is 12.7. The Bertz CT molecular complexity index is 714. The van der Waals surface area contributed by atoms with Crippen LogP contribution in [0.25, 0.3) is 0 Å². The second-order valence-electron chi connectivity index (χ2n) is 5.59. The third-order valence-electron chi connectivity index (χ3n) is 3.99. The molecule has 0 amide bonds. The van der Waals surface area contributed by atoms with Crippen molar-refractivity contribution in [3.63, 3.8) is 0 Å². The fourth-order valence-electron chi connectivity index (χ4n) is 2.68. The predicted octanol–water partition coefficient (Wildman–Crippen LogP) is 4.08. The van der Waals surface area contributed by atoms with Crippen molar-refractivity contribution in [2.45, 2.75) is 6.18 Å². The number of benzene rings is 1. The molecule has 2 N–H and O–H groups in total. The van der Waals surface area contributed by atoms with Crippen molar-refractivity contribution >= 4 is 41.2 Å². The highest BCUT2D eigenvalue weighted by Crippen LogP contribution is 2.34. The zero-order chi connectivity index (χ0) is 17.3. The zero-order valence-electron chi connectivity index (χ0n) is 13.1. The summed E-state index contributed by atoms with van der Waals surface area (Å²) in [7, 11) is 0. The summed E-state index contributed by atoms with van der Waals surface area (Å²) in [5, 5.41) is 0.0192. The van der Waals surface area contributed by atoms with Gasteiger partial charge >= 0.3 is 6.18 Å². The summed E-state index contributed by atoms with van der Waals surface area (Å²) in [6, 6.07) is 8.52. The molecule has 0 bridgehead atoms. The first-order chi connectivity index (χ1) is 11.3. The number of alkyl halides is 3. The first-order valence-corrected chi connectivity index (χ1v) is 7.80. The summed E-state index contributed by atoms with van der Waals surface area (Å²) in [4.78, 5) is 8.00. The molecular formula is C16H17Cl2F3N4. The molecule has 0 saturated carbocycles. The summed E-state index contributed by atoms with van der Waals surface area (Å²) in [6.07, 6.45) is -3.61. The number of pyridine rings is 1. The molecular weight excluding hydrogens is 376 g/mol. The quantitative estimate of drug-likeness (QED) is 0.781. The summed E-state index contributed by atoms with van der Waals surface area (Å²) in [5.74, 6) is 0.390. The lowest BCUT2D eigenvalue weighted by Crippen LogP contribution is -2.47. The van der Waals surface area contributed by atoms with Gasteiger partial charge in [-0.1, -0.05) is 11.6 Å². The molecule has 1 aliphatic heterocycles. The van der Waals surface area contributed by atoms with Crippen molar-refractivity contribution in [1.82, 2.24) is 4.98 Å². The highest BCUT2D eigenvalue weighted by atomic mass is 35.5. The molecule has 1 aromatic heterocycles. The van der Waals surface area contributed by atoms with E-state index in [9.17, 15) is 13.2 Å². The lowest BCUT2D eigenvalue weighted by Gasteiger charge is -2.37. The van der Waals surface area contributed by atoms with E-state index in [4.69, 9.17) is 17.3 Å². The van der Waals surface area contributed by atoms with Gasteiger partial charge < -0.3 is 15.5 Å². The second-order valence-corrected chi connectivity index (χ2v) is 6.00. The smallest absolute Gasteiger partial charge is 0.399 e. The van der Waals surface area contributed by atoms with Crippen LogP contribution >= 0.6 is 24.0 Å². The second kappa shape index (κ2) is 7.58. The van der Waals surface area contributed by atoms with E-state index in [2.05, 4.69) is 9.88 Å². The zero-order valence-corrected chi connectivity index (χ0v) is 14.7. The van der Waals surface area contributed by atoms with E-state index in [1.165, 1.54) is 0 Å². The molecule has 0 atom stereocenters. The maximum atomic E-state index is 12.7. The minimum Gasteiger partial charge on any atom is -0.399 e. The fraction of sp³-hybridized carbons (Fsp3) is 0.312. The Hall–Kier alpha value is -1.86. The number of hydrogen-bond acceptors (Lipinski definition) is 4. The first kappa shape index (κ1) is 19.5. The van der Waals surface area contributed by atoms with Gasteiger partial charge in [0.25, 0.3) is 0 Å². The summed E-state index contributed by atoms with van der Waals surface area (Å²) < 4.78 is 38.0. The van der Waals surface area contributed by atoms with E-state index in [1.807, 2.05) is 29.2 Å². The number of piperazine rings is 1. The van der Waals surface area contributed by atoms with E-state index in [-0.39, 0.29) is 17.4 Å². The van der Waals surface area contributed by atoms with E-state index >= 15 is 0 Å². The molecule has 1 saturated heterocycles. The van der Waals surface area contributed by atoms with Crippen LogP contribution in [0.5, 0.6) is 0 Å². The van der Waals surface area contributed by atoms with E-state index < -0.39 is 11.7 Å². The number of halogens is 5. The van der Waals surface area contributed by atoms with E-state index in [1.54, 1.807) is 0 Å². The van der Waals surface area contributed by atoms with Crippen LogP contribution in [0.2, 0.25) is 5.02 Å². The van der Waals surface area contributed by atoms with Crippen LogP contribution < -0.4 is 15.5 Å². The van der Waals surface area contributed by atoms with Crippen molar-refractivity contribution in [3.8, 4) is 0 Å². The molecule has 25 heavy (non-hydrogen) atoms. The lowest BCUT2D eigenvalue weighted by atomic mass is 10.2. The molecule has 2 aromatic rings. The highest BCUT2D eigenvalue weighted by molar-refractivity contribution is 6.33. The Morgan fingerprint density at radius 2 is 1.56 bits per heavy atom. The Kier molecular flexibility index (Phi) is 5.90. The van der Waals surface area contributed by atoms with Gasteiger partial charge in [0.15, 0.2) is 0 Å². The average Bonchev–Trinajstić information content (AvgIpc) is 2.55. The molecule has 0 unspecified atom stereocenters. The molecule has 3 rings (SSSR count). The first-order valence-electron chi connectivity index (χ1n) is 7.43. The van der Waals surface area contributed by atoms with Crippen molar-refractivity contribution in [2.75, 3.05) is 41.7 Å². The van der Waals surface area contributed by atoms with Gasteiger partial charge in [0, 0.05) is 43.8 Å². The molecule has 0 aliphatic carbocycles. The average molecular weight is 393 g/mol. The van der Waals surface area contributed by atoms with Gasteiger partial charge in [0.05, 0.1) is 10.6 Å². The van der Waals surface area contributed by atoms with Crippen molar-refractivity contribution < 1.29 is 13.2 Å². The fourth-order valence-corrected chi connectivity index (χ4v) is 2.97. The van der Waals surface area contributed by atoms with E-state index in [0.29, 0.717) is 24.6 Å². The SMILES string of the molecule is Cl.Nc1ccc(N2CCN(c3ncc(C(F)(F)F)cc3Cl)CC2)cc1. The maximum Gasteiger partial charge on any atom is 0.417 e. The Balaban J connectivity index is 0.00000225. The van der Waals surface area contributed by atoms with Gasteiger partial charge in [-0.25, -0.2) is 4.98 Å². The van der Waals surface area contributed by atoms with Crippen LogP contribution in [0.1, 0.15) is 5.56 Å². The van der Waals surface area contributed by atoms with Gasteiger partial charge in [-0.2, -0.15) is 13.2 Å². The van der Waals surface area contributed by atoms with E-state index in [0.717, 1.165) is 31.0 Å². The number of hydrogen-bond donors (Lipinski definition) is 1. The number of nitrogen functional groups attached to an aromatic ring is 1. The Morgan fingerprint density at radius 3 is 2.08 bits per heavy atom. The van der Waals surface area contributed by atoms with Crippen LogP contribution in [0, 0.1) is 0 Å². The lowest BCUT2D eigenvalue weighted by molar-refractivity contribution is -0.137. The summed E-state index contributed by atoms with van der Waals surface area (Å²) in [5.41, 5.74) is 6.62. The summed E-state index contributed by atoms with van der Waals surface area (Å²) in [6.45, 7) is 2.71. The van der Waals surface area contributed by atoms with Gasteiger partial charge in [-0.05, 0) is 30.3 Å². The molecule has 1 aliphatic rings. The van der Waals surface area contributed by atoms with Crippen LogP contribution in [0.3, 0.4) is 0 Å². The number of nitrogens with zero attached hydrogens (tertiary/aromatic N) is 3. The molecule has 9 heteroatoms. The summed E-state index contributed by atoms with van der Waals surface area (Å²) >= 11 is 6.01. The Labute approximate surface area is 154 Å². The molecule has 2 heterocycles. The standard InChI is InChI=1S/C16H16ClF3N4.ClH/c17-14-9-11(16(18,19)20)10-22-15(14)24-7-5-23(6-8-24)13-3-1-12(21)2-4-13;/h1-4,9-10H,5-8,21H2;1H. The molecule has 136 valence electrons. The van der Waals surface area contributed by atoms with Crippen LogP contribution in [-0.4, -0.2) is 31.2 Å². The largest absolute Gasteiger partial charge is 0.417 e. The predicted molar refractivity (Wildman–Crippen MR) is 96.8 cm³/mol. The van der Waals surface area contributed by atoms with Gasteiger partial charge in [-0.3, -0.25) is 0 Å². The molecule has 1 aromatic carbocycles. The highest BCUT2D eigenvalue weighted by Gasteiger charge is 2.32. The molecule has 4 nitrogen and oxygen atoms in total. The molecule has 0 spiro atoms. The normalized spacial score (nSPS) is 15.0. The van der Waals surface area contributed by atoms with Crippen molar-refractivity contribution in [3.05, 3.63) is 47.1 Å². The Morgan fingerprint density at radius 1 is 1.00 bits per heavy atom. The van der Waals surface area contributed by atoms with Crippen LogP contribution in [0.4, 0.5) is 30.4 Å². The third kappa shape index (κ3) is 4.41. The van der Waals surface area contributed by atoms with Crippen molar-refractivity contribution in [1.29, 1.82) is 0 Å². The van der Waals surface area contributed by atoms with Crippen molar-refractivity contribution in [2.24, 2.45) is 0 Å². The number of rotatable bonds is 2. The number of nitrogens with two attached hydrogens (primary N) is 1. The minimum absolute atomic E-state index is 0. The van der Waals surface area contributed by atoms with Gasteiger partial charge in [0.2, 0.25) is 0 Å². The van der Waals surface area contributed by atoms with Crippen LogP contribution in [-0.2, 0) is 6.18 Å². The minimum atomic E-state index is -4.44. The third-order valence-corrected chi connectivity index (χ3v) is 4.26. The van der Waals surface area contributed by atoms with Gasteiger partial charge in [0.1, 0.15) is 5.82 Å². The topological polar surface area (TPSA) is 45.4 Å². The van der Waals surface area contributed by atoms with Gasteiger partial charge in [-0.15, -0.1) is 12.4 Å². The molecule has 1 fully saturated rings. The number of anilines is 3. The van der Waals surface area contributed by atoms with Crippen LogP contribution in [0.15, 0.2) is 36.5 Å². The number of aromatic nitrogens is 1. The monoisotopic (exact) mass is 392 g/mol.